The van der Waals surface area contributed by atoms with Gasteiger partial charge < -0.3 is 10.1 Å². The average molecular weight is 400 g/mol. The number of nitrogens with zero attached hydrogens (tertiary/aromatic N) is 1. The number of hydrogen-bond acceptors (Lipinski definition) is 3. The standard InChI is InChI=1S/C17H9F5N2O2S/c18-12-6-1-9(7-13(12)19)8-14-15(25)24(16(27)23-14)10-2-4-11(5-3-10)26-17(20,21)22/h1-8H,(H,23,27)/b14-8-. The zero-order valence-corrected chi connectivity index (χ0v) is 14.0. The summed E-state index contributed by atoms with van der Waals surface area (Å²) in [6.07, 6.45) is -3.56. The SMILES string of the molecule is O=C1/C(=C/c2ccc(F)c(F)c2)NC(=S)N1c1ccc(OC(F)(F)F)cc1. The van der Waals surface area contributed by atoms with Gasteiger partial charge in [-0.2, -0.15) is 0 Å². The summed E-state index contributed by atoms with van der Waals surface area (Å²) in [5.74, 6) is -3.15. The van der Waals surface area contributed by atoms with E-state index in [0.717, 1.165) is 29.2 Å². The number of benzene rings is 2. The molecule has 4 nitrogen and oxygen atoms in total. The molecule has 1 fully saturated rings. The van der Waals surface area contributed by atoms with Crippen LogP contribution in [0.5, 0.6) is 5.75 Å². The van der Waals surface area contributed by atoms with Crippen molar-refractivity contribution in [2.75, 3.05) is 4.90 Å². The predicted molar refractivity (Wildman–Crippen MR) is 90.7 cm³/mol. The Balaban J connectivity index is 1.83. The minimum Gasteiger partial charge on any atom is -0.406 e. The molecule has 1 saturated heterocycles. The minimum absolute atomic E-state index is 0.00151. The summed E-state index contributed by atoms with van der Waals surface area (Å²) in [5.41, 5.74) is 0.436. The van der Waals surface area contributed by atoms with Gasteiger partial charge in [-0.25, -0.2) is 8.78 Å². The normalized spacial score (nSPS) is 16.0. The summed E-state index contributed by atoms with van der Waals surface area (Å²) < 4.78 is 66.6. The van der Waals surface area contributed by atoms with Crippen LogP contribution in [-0.4, -0.2) is 17.4 Å². The van der Waals surface area contributed by atoms with Crippen molar-refractivity contribution in [3.63, 3.8) is 0 Å². The third-order valence-electron chi connectivity index (χ3n) is 3.46. The number of ether oxygens (including phenoxy) is 1. The van der Waals surface area contributed by atoms with Crippen LogP contribution in [0, 0.1) is 11.6 Å². The van der Waals surface area contributed by atoms with Crippen molar-refractivity contribution in [2.24, 2.45) is 0 Å². The highest BCUT2D eigenvalue weighted by Gasteiger charge is 2.33. The summed E-state index contributed by atoms with van der Waals surface area (Å²) in [6, 6.07) is 7.63. The Morgan fingerprint density at radius 2 is 1.70 bits per heavy atom. The van der Waals surface area contributed by atoms with Gasteiger partial charge >= 0.3 is 6.36 Å². The van der Waals surface area contributed by atoms with Crippen LogP contribution >= 0.6 is 12.2 Å². The third-order valence-corrected chi connectivity index (χ3v) is 3.75. The zero-order valence-electron chi connectivity index (χ0n) is 13.2. The van der Waals surface area contributed by atoms with E-state index in [1.54, 1.807) is 0 Å². The zero-order chi connectivity index (χ0) is 19.8. The Morgan fingerprint density at radius 3 is 2.30 bits per heavy atom. The summed E-state index contributed by atoms with van der Waals surface area (Å²) >= 11 is 5.07. The van der Waals surface area contributed by atoms with Gasteiger partial charge in [0.05, 0.1) is 5.69 Å². The van der Waals surface area contributed by atoms with Crippen LogP contribution in [0.4, 0.5) is 27.6 Å². The van der Waals surface area contributed by atoms with Crippen molar-refractivity contribution in [1.82, 2.24) is 5.32 Å². The molecule has 1 amide bonds. The molecular formula is C17H9F5N2O2S. The monoisotopic (exact) mass is 400 g/mol. The fourth-order valence-corrected chi connectivity index (χ4v) is 2.63. The van der Waals surface area contributed by atoms with Crippen LogP contribution in [0.25, 0.3) is 6.08 Å². The van der Waals surface area contributed by atoms with E-state index in [-0.39, 0.29) is 22.1 Å². The van der Waals surface area contributed by atoms with E-state index in [9.17, 15) is 26.7 Å². The van der Waals surface area contributed by atoms with Gasteiger partial charge in [0.2, 0.25) is 0 Å². The number of halogens is 5. The molecule has 0 bridgehead atoms. The summed E-state index contributed by atoms with van der Waals surface area (Å²) in [5, 5.41) is 2.61. The highest BCUT2D eigenvalue weighted by atomic mass is 32.1. The number of anilines is 1. The molecule has 0 unspecified atom stereocenters. The number of carbonyl (C=O) groups excluding carboxylic acids is 1. The van der Waals surface area contributed by atoms with Crippen LogP contribution in [0.15, 0.2) is 48.2 Å². The molecule has 1 aliphatic rings. The first kappa shape index (κ1) is 18.8. The van der Waals surface area contributed by atoms with Crippen molar-refractivity contribution >= 4 is 35.0 Å². The third kappa shape index (κ3) is 4.22. The number of nitrogens with one attached hydrogen (secondary N) is 1. The topological polar surface area (TPSA) is 41.6 Å². The quantitative estimate of drug-likeness (QED) is 0.478. The van der Waals surface area contributed by atoms with Crippen LogP contribution in [0.2, 0.25) is 0 Å². The first-order valence-corrected chi connectivity index (χ1v) is 7.73. The number of alkyl halides is 3. The Kier molecular flexibility index (Phi) is 4.83. The molecule has 0 aliphatic carbocycles. The van der Waals surface area contributed by atoms with Crippen LogP contribution < -0.4 is 15.0 Å². The highest BCUT2D eigenvalue weighted by molar-refractivity contribution is 7.80. The maximum atomic E-state index is 13.3. The molecule has 2 aromatic carbocycles. The van der Waals surface area contributed by atoms with E-state index in [4.69, 9.17) is 12.2 Å². The maximum absolute atomic E-state index is 13.3. The van der Waals surface area contributed by atoms with Crippen molar-refractivity contribution in [1.29, 1.82) is 0 Å². The molecule has 0 spiro atoms. The predicted octanol–water partition coefficient (Wildman–Crippen LogP) is 4.13. The molecule has 1 heterocycles. The molecule has 3 rings (SSSR count). The Morgan fingerprint density at radius 1 is 1.04 bits per heavy atom. The molecule has 0 saturated carbocycles. The second kappa shape index (κ2) is 6.95. The molecule has 2 aromatic rings. The van der Waals surface area contributed by atoms with Crippen LogP contribution in [0.3, 0.4) is 0 Å². The Hall–Kier alpha value is -3.01. The van der Waals surface area contributed by atoms with Gasteiger partial charge in [-0.3, -0.25) is 9.69 Å². The largest absolute Gasteiger partial charge is 0.573 e. The lowest BCUT2D eigenvalue weighted by molar-refractivity contribution is -0.274. The number of carbonyl (C=O) groups is 1. The average Bonchev–Trinajstić information content (AvgIpc) is 2.84. The second-order valence-corrected chi connectivity index (χ2v) is 5.73. The molecule has 27 heavy (non-hydrogen) atoms. The second-order valence-electron chi connectivity index (χ2n) is 5.34. The first-order chi connectivity index (χ1) is 12.6. The molecule has 1 N–H and O–H groups in total. The van der Waals surface area contributed by atoms with Gasteiger partial charge in [0.1, 0.15) is 11.4 Å². The molecule has 1 aliphatic heterocycles. The Labute approximate surface area is 154 Å². The Bertz CT molecular complexity index is 941. The van der Waals surface area contributed by atoms with Gasteiger partial charge in [0, 0.05) is 0 Å². The van der Waals surface area contributed by atoms with Crippen molar-refractivity contribution in [3.05, 3.63) is 65.4 Å². The summed E-state index contributed by atoms with van der Waals surface area (Å²) in [6.45, 7) is 0. The first-order valence-electron chi connectivity index (χ1n) is 7.32. The molecule has 0 aromatic heterocycles. The van der Waals surface area contributed by atoms with E-state index in [1.165, 1.54) is 24.3 Å². The molecule has 0 atom stereocenters. The van der Waals surface area contributed by atoms with Crippen molar-refractivity contribution < 1.29 is 31.5 Å². The van der Waals surface area contributed by atoms with Crippen molar-refractivity contribution in [3.8, 4) is 5.75 Å². The van der Waals surface area contributed by atoms with E-state index in [0.29, 0.717) is 0 Å². The lowest BCUT2D eigenvalue weighted by atomic mass is 10.1. The molecule has 0 radical (unpaired) electrons. The minimum atomic E-state index is -4.83. The van der Waals surface area contributed by atoms with Gasteiger partial charge in [-0.15, -0.1) is 13.2 Å². The lowest BCUT2D eigenvalue weighted by Crippen LogP contribution is -2.30. The van der Waals surface area contributed by atoms with Gasteiger partial charge in [-0.05, 0) is 60.3 Å². The lowest BCUT2D eigenvalue weighted by Gasteiger charge is -2.15. The van der Waals surface area contributed by atoms with E-state index in [1.807, 2.05) is 0 Å². The molecule has 140 valence electrons. The highest BCUT2D eigenvalue weighted by Crippen LogP contribution is 2.28. The van der Waals surface area contributed by atoms with Gasteiger partial charge in [0.15, 0.2) is 16.7 Å². The summed E-state index contributed by atoms with van der Waals surface area (Å²) in [7, 11) is 0. The van der Waals surface area contributed by atoms with Crippen molar-refractivity contribution in [2.45, 2.75) is 6.36 Å². The fourth-order valence-electron chi connectivity index (χ4n) is 2.34. The molecule has 10 heteroatoms. The van der Waals surface area contributed by atoms with E-state index in [2.05, 4.69) is 10.1 Å². The van der Waals surface area contributed by atoms with Crippen LogP contribution in [0.1, 0.15) is 5.56 Å². The molecular weight excluding hydrogens is 391 g/mol. The van der Waals surface area contributed by atoms with Gasteiger partial charge in [-0.1, -0.05) is 6.07 Å². The number of hydrogen-bond donors (Lipinski definition) is 1. The van der Waals surface area contributed by atoms with Crippen LogP contribution in [-0.2, 0) is 4.79 Å². The van der Waals surface area contributed by atoms with E-state index < -0.39 is 29.7 Å². The smallest absolute Gasteiger partial charge is 0.406 e. The number of amides is 1. The number of rotatable bonds is 3. The summed E-state index contributed by atoms with van der Waals surface area (Å²) in [4.78, 5) is 13.6. The number of thiocarbonyl (C=S) groups is 1. The van der Waals surface area contributed by atoms with E-state index >= 15 is 0 Å². The maximum Gasteiger partial charge on any atom is 0.573 e. The fraction of sp³-hybridized carbons (Fsp3) is 0.0588. The van der Waals surface area contributed by atoms with Gasteiger partial charge in [0.25, 0.3) is 5.91 Å².